The summed E-state index contributed by atoms with van der Waals surface area (Å²) in [5, 5.41) is 9.78. The molecule has 122 valence electrons. The van der Waals surface area contributed by atoms with Gasteiger partial charge in [-0.3, -0.25) is 0 Å². The zero-order valence-corrected chi connectivity index (χ0v) is 14.3. The Kier molecular flexibility index (Phi) is 5.87. The Bertz CT molecular complexity index is 798. The Labute approximate surface area is 145 Å². The minimum absolute atomic E-state index is 0. The number of benzene rings is 1. The number of H-pyrrole nitrogens is 1. The van der Waals surface area contributed by atoms with Crippen LogP contribution in [-0.4, -0.2) is 20.9 Å². The number of hydrogen-bond acceptors (Lipinski definition) is 5. The van der Waals surface area contributed by atoms with Crippen LogP contribution in [0, 0.1) is 0 Å². The molecule has 0 spiro atoms. The zero-order valence-electron chi connectivity index (χ0n) is 12.8. The molecule has 1 atom stereocenters. The van der Waals surface area contributed by atoms with Gasteiger partial charge in [-0.05, 0) is 25.0 Å². The van der Waals surface area contributed by atoms with Crippen LogP contribution in [0.15, 0.2) is 52.3 Å². The molecule has 0 radical (unpaired) electrons. The van der Waals surface area contributed by atoms with Crippen LogP contribution < -0.4 is 18.1 Å². The van der Waals surface area contributed by atoms with Crippen LogP contribution in [0.4, 0.5) is 0 Å². The van der Waals surface area contributed by atoms with Crippen LogP contribution >= 0.6 is 11.8 Å². The second-order valence-corrected chi connectivity index (χ2v) is 6.25. The minimum Gasteiger partial charge on any atom is -1.00 e. The van der Waals surface area contributed by atoms with Crippen molar-refractivity contribution in [1.29, 1.82) is 0 Å². The molecule has 3 N–H and O–H groups in total. The molecule has 0 aliphatic heterocycles. The molecule has 0 amide bonds. The molecule has 0 saturated carbocycles. The third-order valence-electron chi connectivity index (χ3n) is 3.30. The number of rotatable bonds is 6. The SMILES string of the molecule is C=C(C)CSc1nnc([C@@H](N)Cc2c[nH]c3ccccc23)o1.[Cl-]. The number of nitrogens with one attached hydrogen (secondary N) is 1. The Morgan fingerprint density at radius 1 is 1.39 bits per heavy atom. The first kappa shape index (κ1) is 17.6. The average molecular weight is 350 g/mol. The van der Waals surface area contributed by atoms with E-state index in [9.17, 15) is 0 Å². The maximum absolute atomic E-state index is 6.21. The fraction of sp³-hybridized carbons (Fsp3) is 0.250. The number of nitrogens with zero attached hydrogens (tertiary/aromatic N) is 2. The normalized spacial score (nSPS) is 12.1. The second-order valence-electron chi connectivity index (χ2n) is 5.32. The van der Waals surface area contributed by atoms with Gasteiger partial charge in [-0.25, -0.2) is 0 Å². The second kappa shape index (κ2) is 7.68. The first-order valence-corrected chi connectivity index (χ1v) is 8.03. The van der Waals surface area contributed by atoms with Gasteiger partial charge in [0.2, 0.25) is 5.89 Å². The minimum atomic E-state index is -0.314. The van der Waals surface area contributed by atoms with Crippen molar-refractivity contribution >= 4 is 22.7 Å². The summed E-state index contributed by atoms with van der Waals surface area (Å²) in [6.45, 7) is 5.82. The van der Waals surface area contributed by atoms with Crippen LogP contribution in [0.2, 0.25) is 0 Å². The number of aromatic nitrogens is 3. The number of fused-ring (bicyclic) bond motifs is 1. The summed E-state index contributed by atoms with van der Waals surface area (Å²) in [6, 6.07) is 7.83. The molecule has 0 bridgehead atoms. The number of hydrogen-bond donors (Lipinski definition) is 2. The first-order valence-electron chi connectivity index (χ1n) is 7.04. The quantitative estimate of drug-likeness (QED) is 0.499. The van der Waals surface area contributed by atoms with Crippen LogP contribution in [-0.2, 0) is 6.42 Å². The third kappa shape index (κ3) is 4.16. The van der Waals surface area contributed by atoms with Crippen LogP contribution in [0.1, 0.15) is 24.4 Å². The Hall–Kier alpha value is -1.76. The number of halogens is 1. The maximum Gasteiger partial charge on any atom is 0.276 e. The maximum atomic E-state index is 6.21. The molecule has 2 heterocycles. The molecule has 0 saturated heterocycles. The van der Waals surface area contributed by atoms with E-state index in [2.05, 4.69) is 27.8 Å². The average Bonchev–Trinajstić information content (AvgIpc) is 3.13. The summed E-state index contributed by atoms with van der Waals surface area (Å²) in [5.74, 6) is 1.23. The van der Waals surface area contributed by atoms with E-state index >= 15 is 0 Å². The molecular formula is C16H18ClN4OS-. The van der Waals surface area contributed by atoms with Gasteiger partial charge < -0.3 is 27.5 Å². The van der Waals surface area contributed by atoms with Gasteiger partial charge in [0.1, 0.15) is 0 Å². The first-order chi connectivity index (χ1) is 10.6. The van der Waals surface area contributed by atoms with Gasteiger partial charge in [0.15, 0.2) is 0 Å². The van der Waals surface area contributed by atoms with E-state index < -0.39 is 0 Å². The van der Waals surface area contributed by atoms with Gasteiger partial charge in [-0.1, -0.05) is 42.1 Å². The van der Waals surface area contributed by atoms with Crippen molar-refractivity contribution in [3.05, 3.63) is 54.1 Å². The molecule has 0 aliphatic carbocycles. The molecule has 0 fully saturated rings. The lowest BCUT2D eigenvalue weighted by Gasteiger charge is -2.05. The van der Waals surface area contributed by atoms with Crippen LogP contribution in [0.3, 0.4) is 0 Å². The van der Waals surface area contributed by atoms with Crippen molar-refractivity contribution in [1.82, 2.24) is 15.2 Å². The van der Waals surface area contributed by atoms with E-state index in [0.29, 0.717) is 17.5 Å². The zero-order chi connectivity index (χ0) is 15.5. The van der Waals surface area contributed by atoms with Crippen LogP contribution in [0.25, 0.3) is 10.9 Å². The lowest BCUT2D eigenvalue weighted by Crippen LogP contribution is -3.00. The molecule has 3 aromatic rings. The van der Waals surface area contributed by atoms with Gasteiger partial charge in [0, 0.05) is 22.9 Å². The van der Waals surface area contributed by atoms with E-state index in [4.69, 9.17) is 10.2 Å². The van der Waals surface area contributed by atoms with E-state index in [1.807, 2.05) is 31.3 Å². The van der Waals surface area contributed by atoms with Crippen molar-refractivity contribution in [3.63, 3.8) is 0 Å². The smallest absolute Gasteiger partial charge is 0.276 e. The molecule has 2 aromatic heterocycles. The van der Waals surface area contributed by atoms with E-state index in [-0.39, 0.29) is 18.4 Å². The van der Waals surface area contributed by atoms with Gasteiger partial charge in [0.25, 0.3) is 5.22 Å². The standard InChI is InChI=1S/C16H18N4OS.ClH/c1-10(2)9-22-16-20-19-15(21-16)13(17)7-11-8-18-14-6-4-3-5-12(11)14;/h3-6,8,13,18H,1,7,9,17H2,2H3;1H/p-1/t13-;/m0./s1. The van der Waals surface area contributed by atoms with Crippen molar-refractivity contribution in [2.24, 2.45) is 5.73 Å². The van der Waals surface area contributed by atoms with Gasteiger partial charge in [0.05, 0.1) is 6.04 Å². The van der Waals surface area contributed by atoms with E-state index in [1.54, 1.807) is 0 Å². The summed E-state index contributed by atoms with van der Waals surface area (Å²) >= 11 is 1.48. The Morgan fingerprint density at radius 3 is 2.96 bits per heavy atom. The van der Waals surface area contributed by atoms with Gasteiger partial charge in [-0.2, -0.15) is 0 Å². The molecule has 5 nitrogen and oxygen atoms in total. The number of thioether (sulfide) groups is 1. The highest BCUT2D eigenvalue weighted by atomic mass is 35.5. The fourth-order valence-electron chi connectivity index (χ4n) is 2.24. The number of aromatic amines is 1. The fourth-order valence-corrected chi connectivity index (χ4v) is 2.85. The highest BCUT2D eigenvalue weighted by Gasteiger charge is 2.17. The van der Waals surface area contributed by atoms with Gasteiger partial charge in [-0.15, -0.1) is 10.2 Å². The lowest BCUT2D eigenvalue weighted by molar-refractivity contribution is -0.00000524. The number of nitrogens with two attached hydrogens (primary N) is 1. The molecule has 0 unspecified atom stereocenters. The summed E-state index contributed by atoms with van der Waals surface area (Å²) in [4.78, 5) is 3.25. The molecule has 0 aliphatic rings. The predicted octanol–water partition coefficient (Wildman–Crippen LogP) is 0.466. The van der Waals surface area contributed by atoms with Crippen molar-refractivity contribution < 1.29 is 16.8 Å². The molecular weight excluding hydrogens is 332 g/mol. The summed E-state index contributed by atoms with van der Waals surface area (Å²) < 4.78 is 5.62. The molecule has 23 heavy (non-hydrogen) atoms. The van der Waals surface area contributed by atoms with E-state index in [0.717, 1.165) is 22.4 Å². The third-order valence-corrected chi connectivity index (χ3v) is 4.35. The topological polar surface area (TPSA) is 80.7 Å². The molecule has 1 aromatic carbocycles. The van der Waals surface area contributed by atoms with Crippen LogP contribution in [0.5, 0.6) is 0 Å². The molecule has 3 rings (SSSR count). The number of para-hydroxylation sites is 1. The lowest BCUT2D eigenvalue weighted by atomic mass is 10.1. The summed E-state index contributed by atoms with van der Waals surface area (Å²) in [6.07, 6.45) is 2.63. The van der Waals surface area contributed by atoms with Gasteiger partial charge >= 0.3 is 0 Å². The van der Waals surface area contributed by atoms with Crippen molar-refractivity contribution in [3.8, 4) is 0 Å². The molecule has 7 heteroatoms. The van der Waals surface area contributed by atoms with E-state index in [1.165, 1.54) is 17.1 Å². The van der Waals surface area contributed by atoms with Crippen molar-refractivity contribution in [2.45, 2.75) is 24.6 Å². The highest BCUT2D eigenvalue weighted by Crippen LogP contribution is 2.25. The highest BCUT2D eigenvalue weighted by molar-refractivity contribution is 7.99. The predicted molar refractivity (Wildman–Crippen MR) is 88.8 cm³/mol. The monoisotopic (exact) mass is 349 g/mol. The summed E-state index contributed by atoms with van der Waals surface area (Å²) in [5.41, 5.74) is 9.53. The largest absolute Gasteiger partial charge is 1.00 e. The Morgan fingerprint density at radius 2 is 2.17 bits per heavy atom. The Balaban J connectivity index is 0.00000192. The summed E-state index contributed by atoms with van der Waals surface area (Å²) in [7, 11) is 0. The van der Waals surface area contributed by atoms with Crippen molar-refractivity contribution in [2.75, 3.05) is 5.75 Å².